The van der Waals surface area contributed by atoms with E-state index in [1.807, 2.05) is 12.1 Å². The molecule has 2 rings (SSSR count). The second-order valence-electron chi connectivity index (χ2n) is 5.56. The third-order valence-electron chi connectivity index (χ3n) is 2.77. The standard InChI is InChI=1S/C14H16BrNO3/c1-14(2,3)19-13(18)16-11-7-12(17)9-5-4-8(15)6-10(9)11/h4-6,11H,7H2,1-3H3,(H,16,18). The molecule has 0 bridgehead atoms. The minimum absolute atomic E-state index is 0.0450. The Balaban J connectivity index is 2.15. The molecular formula is C14H16BrNO3. The van der Waals surface area contributed by atoms with Crippen LogP contribution in [0.4, 0.5) is 4.79 Å². The summed E-state index contributed by atoms with van der Waals surface area (Å²) in [4.78, 5) is 23.6. The van der Waals surface area contributed by atoms with Crippen LogP contribution in [-0.4, -0.2) is 17.5 Å². The molecule has 19 heavy (non-hydrogen) atoms. The summed E-state index contributed by atoms with van der Waals surface area (Å²) in [7, 11) is 0. The number of ether oxygens (including phenoxy) is 1. The fourth-order valence-corrected chi connectivity index (χ4v) is 2.44. The van der Waals surface area contributed by atoms with E-state index < -0.39 is 11.7 Å². The van der Waals surface area contributed by atoms with Gasteiger partial charge in [0.1, 0.15) is 5.60 Å². The number of carbonyl (C=O) groups excluding carboxylic acids is 2. The van der Waals surface area contributed by atoms with Crippen LogP contribution in [0.2, 0.25) is 0 Å². The first-order valence-corrected chi connectivity index (χ1v) is 6.88. The number of amides is 1. The van der Waals surface area contributed by atoms with Gasteiger partial charge >= 0.3 is 6.09 Å². The molecule has 1 unspecified atom stereocenters. The monoisotopic (exact) mass is 325 g/mol. The number of fused-ring (bicyclic) bond motifs is 1. The molecule has 0 aliphatic heterocycles. The quantitative estimate of drug-likeness (QED) is 0.858. The third-order valence-corrected chi connectivity index (χ3v) is 3.26. The van der Waals surface area contributed by atoms with Crippen molar-refractivity contribution in [1.29, 1.82) is 0 Å². The fraction of sp³-hybridized carbons (Fsp3) is 0.429. The van der Waals surface area contributed by atoms with Gasteiger partial charge in [-0.15, -0.1) is 0 Å². The van der Waals surface area contributed by atoms with E-state index in [4.69, 9.17) is 4.74 Å². The van der Waals surface area contributed by atoms with Gasteiger partial charge < -0.3 is 10.1 Å². The number of hydrogen-bond acceptors (Lipinski definition) is 3. The molecule has 0 saturated heterocycles. The van der Waals surface area contributed by atoms with Crippen molar-refractivity contribution >= 4 is 27.8 Å². The molecule has 1 aliphatic rings. The zero-order valence-corrected chi connectivity index (χ0v) is 12.7. The Hall–Kier alpha value is -1.36. The van der Waals surface area contributed by atoms with Crippen LogP contribution in [-0.2, 0) is 4.74 Å². The van der Waals surface area contributed by atoms with Crippen molar-refractivity contribution in [2.24, 2.45) is 0 Å². The van der Waals surface area contributed by atoms with E-state index in [1.165, 1.54) is 0 Å². The molecule has 0 saturated carbocycles. The average Bonchev–Trinajstić information content (AvgIpc) is 2.52. The van der Waals surface area contributed by atoms with Crippen molar-refractivity contribution in [3.63, 3.8) is 0 Å². The molecule has 0 heterocycles. The van der Waals surface area contributed by atoms with Crippen molar-refractivity contribution in [3.05, 3.63) is 33.8 Å². The maximum absolute atomic E-state index is 11.8. The van der Waals surface area contributed by atoms with Crippen LogP contribution in [0.25, 0.3) is 0 Å². The van der Waals surface area contributed by atoms with Gasteiger partial charge in [0.25, 0.3) is 0 Å². The lowest BCUT2D eigenvalue weighted by Crippen LogP contribution is -2.34. The Labute approximate surface area is 120 Å². The number of benzene rings is 1. The SMILES string of the molecule is CC(C)(C)OC(=O)NC1CC(=O)c2ccc(Br)cc21. The van der Waals surface area contributed by atoms with Gasteiger partial charge in [-0.1, -0.05) is 15.9 Å². The summed E-state index contributed by atoms with van der Waals surface area (Å²) in [6.07, 6.45) is -0.219. The molecule has 102 valence electrons. The highest BCUT2D eigenvalue weighted by Gasteiger charge is 2.31. The van der Waals surface area contributed by atoms with E-state index in [0.717, 1.165) is 10.0 Å². The van der Waals surface area contributed by atoms with E-state index in [1.54, 1.807) is 26.8 Å². The summed E-state index contributed by atoms with van der Waals surface area (Å²) in [6, 6.07) is 5.16. The van der Waals surface area contributed by atoms with Gasteiger partial charge in [-0.3, -0.25) is 4.79 Å². The number of hydrogen-bond donors (Lipinski definition) is 1. The number of Topliss-reactive ketones (excluding diaryl/α,β-unsaturated/α-hetero) is 1. The van der Waals surface area contributed by atoms with Crippen LogP contribution in [0.1, 0.15) is 49.2 Å². The Kier molecular flexibility index (Phi) is 3.67. The minimum Gasteiger partial charge on any atom is -0.444 e. The number of nitrogens with one attached hydrogen (secondary N) is 1. The van der Waals surface area contributed by atoms with E-state index in [2.05, 4.69) is 21.2 Å². The summed E-state index contributed by atoms with van der Waals surface area (Å²) < 4.78 is 6.09. The van der Waals surface area contributed by atoms with Crippen LogP contribution in [0, 0.1) is 0 Å². The molecular weight excluding hydrogens is 310 g/mol. The minimum atomic E-state index is -0.549. The lowest BCUT2D eigenvalue weighted by atomic mass is 10.1. The maximum atomic E-state index is 11.8. The van der Waals surface area contributed by atoms with E-state index in [-0.39, 0.29) is 18.2 Å². The Morgan fingerprint density at radius 2 is 2.11 bits per heavy atom. The zero-order chi connectivity index (χ0) is 14.2. The van der Waals surface area contributed by atoms with Gasteiger partial charge in [0, 0.05) is 16.5 Å². The molecule has 4 nitrogen and oxygen atoms in total. The number of alkyl carbamates (subject to hydrolysis) is 1. The highest BCUT2D eigenvalue weighted by molar-refractivity contribution is 9.10. The van der Waals surface area contributed by atoms with Crippen molar-refractivity contribution in [1.82, 2.24) is 5.32 Å². The van der Waals surface area contributed by atoms with Crippen LogP contribution in [0.15, 0.2) is 22.7 Å². The summed E-state index contributed by atoms with van der Waals surface area (Å²) in [5.74, 6) is 0.0450. The first kappa shape index (κ1) is 14.1. The van der Waals surface area contributed by atoms with Gasteiger partial charge in [-0.05, 0) is 44.5 Å². The topological polar surface area (TPSA) is 55.4 Å². The van der Waals surface area contributed by atoms with Gasteiger partial charge in [0.15, 0.2) is 5.78 Å². The third kappa shape index (κ3) is 3.35. The smallest absolute Gasteiger partial charge is 0.408 e. The lowest BCUT2D eigenvalue weighted by Gasteiger charge is -2.21. The molecule has 1 aliphatic carbocycles. The maximum Gasteiger partial charge on any atom is 0.408 e. The highest BCUT2D eigenvalue weighted by atomic mass is 79.9. The second kappa shape index (κ2) is 4.96. The van der Waals surface area contributed by atoms with E-state index in [9.17, 15) is 9.59 Å². The molecule has 1 N–H and O–H groups in total. The van der Waals surface area contributed by atoms with Crippen molar-refractivity contribution in [2.75, 3.05) is 0 Å². The number of carbonyl (C=O) groups is 2. The van der Waals surface area contributed by atoms with Crippen molar-refractivity contribution in [3.8, 4) is 0 Å². The molecule has 1 aromatic carbocycles. The Morgan fingerprint density at radius 1 is 1.42 bits per heavy atom. The molecule has 0 aromatic heterocycles. The first-order valence-electron chi connectivity index (χ1n) is 6.08. The molecule has 5 heteroatoms. The van der Waals surface area contributed by atoms with Crippen LogP contribution in [0.5, 0.6) is 0 Å². The average molecular weight is 326 g/mol. The highest BCUT2D eigenvalue weighted by Crippen LogP contribution is 2.33. The first-order chi connectivity index (χ1) is 8.76. The molecule has 1 atom stereocenters. The predicted molar refractivity (Wildman–Crippen MR) is 75.2 cm³/mol. The summed E-state index contributed by atoms with van der Waals surface area (Å²) >= 11 is 3.37. The van der Waals surface area contributed by atoms with Crippen LogP contribution >= 0.6 is 15.9 Å². The van der Waals surface area contributed by atoms with Gasteiger partial charge in [-0.2, -0.15) is 0 Å². The zero-order valence-electron chi connectivity index (χ0n) is 11.1. The molecule has 1 amide bonds. The van der Waals surface area contributed by atoms with E-state index >= 15 is 0 Å². The number of ketones is 1. The van der Waals surface area contributed by atoms with E-state index in [0.29, 0.717) is 5.56 Å². The Morgan fingerprint density at radius 3 is 2.74 bits per heavy atom. The largest absolute Gasteiger partial charge is 0.444 e. The van der Waals surface area contributed by atoms with Gasteiger partial charge in [0.05, 0.1) is 6.04 Å². The van der Waals surface area contributed by atoms with Crippen LogP contribution < -0.4 is 5.32 Å². The molecule has 0 radical (unpaired) electrons. The predicted octanol–water partition coefficient (Wildman–Crippen LogP) is 3.60. The van der Waals surface area contributed by atoms with Gasteiger partial charge in [-0.25, -0.2) is 4.79 Å². The normalized spacial score (nSPS) is 18.1. The summed E-state index contributed by atoms with van der Waals surface area (Å²) in [5, 5.41) is 2.75. The summed E-state index contributed by atoms with van der Waals surface area (Å²) in [6.45, 7) is 5.41. The van der Waals surface area contributed by atoms with Crippen molar-refractivity contribution in [2.45, 2.75) is 38.8 Å². The van der Waals surface area contributed by atoms with Crippen LogP contribution in [0.3, 0.4) is 0 Å². The summed E-state index contributed by atoms with van der Waals surface area (Å²) in [5.41, 5.74) is 0.960. The lowest BCUT2D eigenvalue weighted by molar-refractivity contribution is 0.0504. The molecule has 1 aromatic rings. The van der Waals surface area contributed by atoms with Crippen molar-refractivity contribution < 1.29 is 14.3 Å². The second-order valence-corrected chi connectivity index (χ2v) is 6.47. The Bertz CT molecular complexity index is 534. The molecule has 0 fully saturated rings. The molecule has 0 spiro atoms. The fourth-order valence-electron chi connectivity index (χ4n) is 2.06. The van der Waals surface area contributed by atoms with Gasteiger partial charge in [0.2, 0.25) is 0 Å². The number of rotatable bonds is 1. The number of halogens is 1.